The summed E-state index contributed by atoms with van der Waals surface area (Å²) in [5, 5.41) is 8.36. The van der Waals surface area contributed by atoms with Crippen molar-refractivity contribution in [2.24, 2.45) is 5.92 Å². The second-order valence-corrected chi connectivity index (χ2v) is 3.37. The lowest BCUT2D eigenvalue weighted by Crippen LogP contribution is -2.33. The van der Waals surface area contributed by atoms with Crippen molar-refractivity contribution >= 4 is 0 Å². The topological polar surface area (TPSA) is 27.0 Å². The lowest BCUT2D eigenvalue weighted by atomic mass is 10.1. The molecule has 0 heterocycles. The quantitative estimate of drug-likeness (QED) is 0.618. The molecule has 0 aromatic rings. The second kappa shape index (κ2) is 5.15. The largest absolute Gasteiger partial charge is 0.302 e. The highest BCUT2D eigenvalue weighted by molar-refractivity contribution is 4.74. The fourth-order valence-electron chi connectivity index (χ4n) is 0.939. The molecule has 1 atom stereocenters. The third kappa shape index (κ3) is 4.00. The van der Waals surface area contributed by atoms with Gasteiger partial charge in [-0.25, -0.2) is 0 Å². The molecule has 1 unspecified atom stereocenters. The summed E-state index contributed by atoms with van der Waals surface area (Å²) in [5.74, 6) is 0.665. The van der Waals surface area contributed by atoms with Gasteiger partial charge in [-0.2, -0.15) is 5.26 Å². The van der Waals surface area contributed by atoms with Gasteiger partial charge in [-0.15, -0.1) is 0 Å². The third-order valence-corrected chi connectivity index (χ3v) is 2.24. The molecule has 0 aromatic carbocycles. The van der Waals surface area contributed by atoms with E-state index in [0.717, 1.165) is 6.54 Å². The standard InChI is InChI=1S/C9H18N2/c1-8(2)9(3)11(4)7-5-6-10/h8-9H,5,7H2,1-4H3. The minimum atomic E-state index is 0.573. The highest BCUT2D eigenvalue weighted by atomic mass is 15.1. The van der Waals surface area contributed by atoms with Gasteiger partial charge in [0.25, 0.3) is 0 Å². The number of nitrogens with zero attached hydrogens (tertiary/aromatic N) is 2. The summed E-state index contributed by atoms with van der Waals surface area (Å²) in [4.78, 5) is 2.23. The average Bonchev–Trinajstić information content (AvgIpc) is 1.98. The van der Waals surface area contributed by atoms with Crippen LogP contribution in [-0.4, -0.2) is 24.5 Å². The van der Waals surface area contributed by atoms with Crippen LogP contribution in [0, 0.1) is 17.2 Å². The molecule has 0 aliphatic heterocycles. The molecule has 2 heteroatoms. The minimum absolute atomic E-state index is 0.573. The summed E-state index contributed by atoms with van der Waals surface area (Å²) in [5.41, 5.74) is 0. The normalized spacial score (nSPS) is 13.5. The summed E-state index contributed by atoms with van der Waals surface area (Å²) < 4.78 is 0. The maximum absolute atomic E-state index is 8.36. The van der Waals surface area contributed by atoms with Crippen LogP contribution in [-0.2, 0) is 0 Å². The van der Waals surface area contributed by atoms with Crippen molar-refractivity contribution in [3.63, 3.8) is 0 Å². The van der Waals surface area contributed by atoms with Crippen LogP contribution in [0.1, 0.15) is 27.2 Å². The predicted molar refractivity (Wildman–Crippen MR) is 47.2 cm³/mol. The lowest BCUT2D eigenvalue weighted by molar-refractivity contribution is 0.212. The van der Waals surface area contributed by atoms with Gasteiger partial charge in [0.15, 0.2) is 0 Å². The van der Waals surface area contributed by atoms with Crippen LogP contribution < -0.4 is 0 Å². The van der Waals surface area contributed by atoms with Crippen molar-refractivity contribution in [3.05, 3.63) is 0 Å². The summed E-state index contributed by atoms with van der Waals surface area (Å²) in [6.45, 7) is 7.49. The number of hydrogen-bond donors (Lipinski definition) is 0. The zero-order valence-corrected chi connectivity index (χ0v) is 7.96. The van der Waals surface area contributed by atoms with E-state index >= 15 is 0 Å². The molecule has 0 aliphatic rings. The number of nitriles is 1. The summed E-state index contributed by atoms with van der Waals surface area (Å²) >= 11 is 0. The zero-order chi connectivity index (χ0) is 8.85. The van der Waals surface area contributed by atoms with Crippen molar-refractivity contribution in [3.8, 4) is 6.07 Å². The maximum Gasteiger partial charge on any atom is 0.0635 e. The van der Waals surface area contributed by atoms with E-state index in [0.29, 0.717) is 18.4 Å². The maximum atomic E-state index is 8.36. The SMILES string of the molecule is CC(C)C(C)N(C)CCC#N. The van der Waals surface area contributed by atoms with Gasteiger partial charge in [-0.3, -0.25) is 0 Å². The van der Waals surface area contributed by atoms with E-state index in [4.69, 9.17) is 5.26 Å². The Morgan fingerprint density at radius 2 is 1.91 bits per heavy atom. The van der Waals surface area contributed by atoms with Gasteiger partial charge in [0, 0.05) is 19.0 Å². The number of hydrogen-bond acceptors (Lipinski definition) is 2. The molecular weight excluding hydrogens is 136 g/mol. The molecule has 0 saturated heterocycles. The molecule has 2 nitrogen and oxygen atoms in total. The summed E-state index contributed by atoms with van der Waals surface area (Å²) in [6, 6.07) is 2.72. The van der Waals surface area contributed by atoms with E-state index in [2.05, 4.69) is 38.8 Å². The van der Waals surface area contributed by atoms with Gasteiger partial charge in [0.1, 0.15) is 0 Å². The van der Waals surface area contributed by atoms with Crippen molar-refractivity contribution in [2.75, 3.05) is 13.6 Å². The Morgan fingerprint density at radius 3 is 2.27 bits per heavy atom. The van der Waals surface area contributed by atoms with Gasteiger partial charge in [-0.05, 0) is 19.9 Å². The van der Waals surface area contributed by atoms with Crippen LogP contribution >= 0.6 is 0 Å². The second-order valence-electron chi connectivity index (χ2n) is 3.37. The van der Waals surface area contributed by atoms with Crippen molar-refractivity contribution < 1.29 is 0 Å². The van der Waals surface area contributed by atoms with E-state index in [-0.39, 0.29) is 0 Å². The van der Waals surface area contributed by atoms with Gasteiger partial charge < -0.3 is 4.90 Å². The Kier molecular flexibility index (Phi) is 4.89. The first-order chi connectivity index (χ1) is 5.09. The lowest BCUT2D eigenvalue weighted by Gasteiger charge is -2.26. The molecule has 0 rings (SSSR count). The van der Waals surface area contributed by atoms with Crippen molar-refractivity contribution in [1.29, 1.82) is 5.26 Å². The predicted octanol–water partition coefficient (Wildman–Crippen LogP) is 1.88. The fourth-order valence-corrected chi connectivity index (χ4v) is 0.939. The molecule has 0 radical (unpaired) electrons. The van der Waals surface area contributed by atoms with E-state index in [1.807, 2.05) is 0 Å². The van der Waals surface area contributed by atoms with Gasteiger partial charge >= 0.3 is 0 Å². The molecule has 0 aromatic heterocycles. The van der Waals surface area contributed by atoms with Crippen LogP contribution in [0.5, 0.6) is 0 Å². The van der Waals surface area contributed by atoms with Crippen LogP contribution in [0.4, 0.5) is 0 Å². The zero-order valence-electron chi connectivity index (χ0n) is 7.96. The molecule has 0 fully saturated rings. The van der Waals surface area contributed by atoms with E-state index in [9.17, 15) is 0 Å². The molecule has 11 heavy (non-hydrogen) atoms. The highest BCUT2D eigenvalue weighted by Gasteiger charge is 2.11. The molecule has 0 aliphatic carbocycles. The molecule has 0 saturated carbocycles. The minimum Gasteiger partial charge on any atom is -0.302 e. The Bertz CT molecular complexity index is 135. The van der Waals surface area contributed by atoms with Gasteiger partial charge in [-0.1, -0.05) is 13.8 Å². The monoisotopic (exact) mass is 154 g/mol. The Labute approximate surface area is 69.8 Å². The molecular formula is C9H18N2. The Morgan fingerprint density at radius 1 is 1.36 bits per heavy atom. The van der Waals surface area contributed by atoms with E-state index in [1.54, 1.807) is 0 Å². The summed E-state index contributed by atoms with van der Waals surface area (Å²) in [6.07, 6.45) is 0.633. The van der Waals surface area contributed by atoms with Crippen LogP contribution in [0.3, 0.4) is 0 Å². The van der Waals surface area contributed by atoms with Crippen molar-refractivity contribution in [2.45, 2.75) is 33.2 Å². The first-order valence-corrected chi connectivity index (χ1v) is 4.16. The van der Waals surface area contributed by atoms with Crippen LogP contribution in [0.15, 0.2) is 0 Å². The average molecular weight is 154 g/mol. The Hall–Kier alpha value is -0.550. The molecule has 0 spiro atoms. The fraction of sp³-hybridized carbons (Fsp3) is 0.889. The third-order valence-electron chi connectivity index (χ3n) is 2.24. The first-order valence-electron chi connectivity index (χ1n) is 4.16. The Balaban J connectivity index is 3.65. The molecule has 64 valence electrons. The molecule has 0 N–H and O–H groups in total. The number of rotatable bonds is 4. The smallest absolute Gasteiger partial charge is 0.0635 e. The van der Waals surface area contributed by atoms with Crippen LogP contribution in [0.25, 0.3) is 0 Å². The van der Waals surface area contributed by atoms with Crippen molar-refractivity contribution in [1.82, 2.24) is 4.90 Å². The first kappa shape index (κ1) is 10.4. The van der Waals surface area contributed by atoms with Crippen LogP contribution in [0.2, 0.25) is 0 Å². The van der Waals surface area contributed by atoms with E-state index < -0.39 is 0 Å². The van der Waals surface area contributed by atoms with E-state index in [1.165, 1.54) is 0 Å². The molecule has 0 amide bonds. The molecule has 0 bridgehead atoms. The van der Waals surface area contributed by atoms with Gasteiger partial charge in [0.2, 0.25) is 0 Å². The summed E-state index contributed by atoms with van der Waals surface area (Å²) in [7, 11) is 2.07. The highest BCUT2D eigenvalue weighted by Crippen LogP contribution is 2.07. The van der Waals surface area contributed by atoms with Gasteiger partial charge in [0.05, 0.1) is 6.07 Å².